The van der Waals surface area contributed by atoms with Gasteiger partial charge in [0.15, 0.2) is 11.0 Å². The minimum atomic E-state index is 0.00523. The van der Waals surface area contributed by atoms with Gasteiger partial charge in [0.25, 0.3) is 0 Å². The van der Waals surface area contributed by atoms with Gasteiger partial charge in [-0.15, -0.1) is 21.5 Å². The van der Waals surface area contributed by atoms with E-state index < -0.39 is 0 Å². The number of carbonyl (C=O) groups is 1. The first-order valence-corrected chi connectivity index (χ1v) is 7.36. The van der Waals surface area contributed by atoms with Crippen molar-refractivity contribution in [3.05, 3.63) is 22.7 Å². The van der Waals surface area contributed by atoms with Crippen LogP contribution in [0.1, 0.15) is 23.8 Å². The number of anilines is 1. The molecule has 1 amide bonds. The van der Waals surface area contributed by atoms with Gasteiger partial charge in [-0.25, -0.2) is 4.98 Å². The van der Waals surface area contributed by atoms with Crippen molar-refractivity contribution in [1.29, 1.82) is 0 Å². The van der Waals surface area contributed by atoms with E-state index in [4.69, 9.17) is 5.73 Å². The molecule has 0 radical (unpaired) electrons. The SMILES string of the molecule is CN(Cc1nnc2n1CCC2)C(=O)Cc1csc(N)n1. The molecule has 2 aromatic rings. The van der Waals surface area contributed by atoms with Crippen LogP contribution in [0, 0.1) is 0 Å². The fourth-order valence-electron chi connectivity index (χ4n) is 2.32. The molecule has 1 aliphatic heterocycles. The van der Waals surface area contributed by atoms with E-state index in [9.17, 15) is 4.79 Å². The van der Waals surface area contributed by atoms with Crippen molar-refractivity contribution in [3.63, 3.8) is 0 Å². The molecule has 0 fully saturated rings. The van der Waals surface area contributed by atoms with E-state index in [0.717, 1.165) is 36.7 Å². The largest absolute Gasteiger partial charge is 0.375 e. The molecule has 1 aliphatic rings. The maximum atomic E-state index is 12.1. The van der Waals surface area contributed by atoms with Gasteiger partial charge in [-0.2, -0.15) is 0 Å². The van der Waals surface area contributed by atoms with Crippen molar-refractivity contribution in [2.75, 3.05) is 12.8 Å². The molecular formula is C12H16N6OS. The fraction of sp³-hybridized carbons (Fsp3) is 0.500. The van der Waals surface area contributed by atoms with E-state index in [1.165, 1.54) is 11.3 Å². The number of hydrogen-bond donors (Lipinski definition) is 1. The summed E-state index contributed by atoms with van der Waals surface area (Å²) < 4.78 is 2.10. The molecule has 0 aliphatic carbocycles. The molecule has 3 rings (SSSR count). The molecule has 8 heteroatoms. The number of likely N-dealkylation sites (N-methyl/N-ethyl adjacent to an activating group) is 1. The van der Waals surface area contributed by atoms with E-state index in [2.05, 4.69) is 19.7 Å². The first kappa shape index (κ1) is 13.0. The highest BCUT2D eigenvalue weighted by Crippen LogP contribution is 2.16. The summed E-state index contributed by atoms with van der Waals surface area (Å²) in [5.41, 5.74) is 6.28. The maximum absolute atomic E-state index is 12.1. The molecule has 0 aromatic carbocycles. The summed E-state index contributed by atoms with van der Waals surface area (Å²) in [6.07, 6.45) is 2.35. The highest BCUT2D eigenvalue weighted by molar-refractivity contribution is 7.13. The lowest BCUT2D eigenvalue weighted by atomic mass is 10.3. The normalized spacial score (nSPS) is 13.4. The van der Waals surface area contributed by atoms with Crippen molar-refractivity contribution >= 4 is 22.4 Å². The lowest BCUT2D eigenvalue weighted by molar-refractivity contribution is -0.129. The minimum absolute atomic E-state index is 0.00523. The van der Waals surface area contributed by atoms with E-state index in [1.54, 1.807) is 11.9 Å². The number of fused-ring (bicyclic) bond motifs is 1. The van der Waals surface area contributed by atoms with E-state index >= 15 is 0 Å². The smallest absolute Gasteiger partial charge is 0.228 e. The van der Waals surface area contributed by atoms with Gasteiger partial charge in [0, 0.05) is 25.4 Å². The lowest BCUT2D eigenvalue weighted by Crippen LogP contribution is -2.29. The van der Waals surface area contributed by atoms with Gasteiger partial charge in [-0.05, 0) is 6.42 Å². The number of aromatic nitrogens is 4. The molecule has 0 spiro atoms. The van der Waals surface area contributed by atoms with Crippen LogP contribution in [-0.4, -0.2) is 37.6 Å². The summed E-state index contributed by atoms with van der Waals surface area (Å²) >= 11 is 1.35. The number of hydrogen-bond acceptors (Lipinski definition) is 6. The van der Waals surface area contributed by atoms with Crippen LogP contribution in [-0.2, 0) is 30.7 Å². The molecule has 0 unspecified atom stereocenters. The molecule has 106 valence electrons. The van der Waals surface area contributed by atoms with Crippen LogP contribution in [0.2, 0.25) is 0 Å². The number of carbonyl (C=O) groups excluding carboxylic acids is 1. The molecule has 0 saturated carbocycles. The number of rotatable bonds is 4. The zero-order valence-electron chi connectivity index (χ0n) is 11.2. The first-order chi connectivity index (χ1) is 9.63. The number of nitrogens with two attached hydrogens (primary N) is 1. The molecule has 2 N–H and O–H groups in total. The number of nitrogen functional groups attached to an aromatic ring is 1. The third kappa shape index (κ3) is 2.51. The second-order valence-corrected chi connectivity index (χ2v) is 5.78. The van der Waals surface area contributed by atoms with Crippen LogP contribution < -0.4 is 5.73 Å². The number of amides is 1. The average molecular weight is 292 g/mol. The second kappa shape index (κ2) is 5.20. The highest BCUT2D eigenvalue weighted by Gasteiger charge is 2.20. The Morgan fingerprint density at radius 2 is 2.40 bits per heavy atom. The Hall–Kier alpha value is -1.96. The van der Waals surface area contributed by atoms with E-state index in [-0.39, 0.29) is 12.3 Å². The van der Waals surface area contributed by atoms with E-state index in [0.29, 0.717) is 11.7 Å². The zero-order chi connectivity index (χ0) is 14.1. The van der Waals surface area contributed by atoms with Gasteiger partial charge in [0.05, 0.1) is 18.7 Å². The fourth-order valence-corrected chi connectivity index (χ4v) is 2.88. The standard InChI is InChI=1S/C12H16N6OS/c1-17(11(19)5-8-7-20-12(13)14-8)6-10-16-15-9-3-2-4-18(9)10/h7H,2-6H2,1H3,(H2,13,14). The minimum Gasteiger partial charge on any atom is -0.375 e. The van der Waals surface area contributed by atoms with Crippen molar-refractivity contribution in [1.82, 2.24) is 24.6 Å². The van der Waals surface area contributed by atoms with Gasteiger partial charge in [0.1, 0.15) is 5.82 Å². The van der Waals surface area contributed by atoms with Gasteiger partial charge >= 0.3 is 0 Å². The Kier molecular flexibility index (Phi) is 3.39. The van der Waals surface area contributed by atoms with Gasteiger partial charge < -0.3 is 15.2 Å². The van der Waals surface area contributed by atoms with Gasteiger partial charge in [-0.1, -0.05) is 0 Å². The van der Waals surface area contributed by atoms with Crippen molar-refractivity contribution < 1.29 is 4.79 Å². The number of aryl methyl sites for hydroxylation is 1. The Balaban J connectivity index is 1.63. The summed E-state index contributed by atoms with van der Waals surface area (Å²) in [6.45, 7) is 1.42. The molecule has 0 bridgehead atoms. The Morgan fingerprint density at radius 1 is 1.55 bits per heavy atom. The molecule has 20 heavy (non-hydrogen) atoms. The molecule has 0 atom stereocenters. The predicted molar refractivity (Wildman–Crippen MR) is 75.0 cm³/mol. The lowest BCUT2D eigenvalue weighted by Gasteiger charge is -2.16. The maximum Gasteiger partial charge on any atom is 0.228 e. The third-order valence-corrected chi connectivity index (χ3v) is 4.12. The predicted octanol–water partition coefficient (Wildman–Crippen LogP) is 0.464. The van der Waals surface area contributed by atoms with Gasteiger partial charge in [-0.3, -0.25) is 4.79 Å². The molecule has 2 aromatic heterocycles. The van der Waals surface area contributed by atoms with Crippen LogP contribution in [0.4, 0.5) is 5.13 Å². The van der Waals surface area contributed by atoms with Crippen LogP contribution in [0.15, 0.2) is 5.38 Å². The number of thiazole rings is 1. The molecular weight excluding hydrogens is 276 g/mol. The molecule has 3 heterocycles. The summed E-state index contributed by atoms with van der Waals surface area (Å²) in [6, 6.07) is 0. The molecule has 0 saturated heterocycles. The van der Waals surface area contributed by atoms with Crippen LogP contribution >= 0.6 is 11.3 Å². The third-order valence-electron chi connectivity index (χ3n) is 3.39. The average Bonchev–Trinajstić information content (AvgIpc) is 3.08. The van der Waals surface area contributed by atoms with Gasteiger partial charge in [0.2, 0.25) is 5.91 Å². The summed E-state index contributed by atoms with van der Waals surface area (Å²) in [5, 5.41) is 10.6. The quantitative estimate of drug-likeness (QED) is 0.884. The van der Waals surface area contributed by atoms with Crippen molar-refractivity contribution in [3.8, 4) is 0 Å². The first-order valence-electron chi connectivity index (χ1n) is 6.48. The summed E-state index contributed by atoms with van der Waals surface area (Å²) in [7, 11) is 1.77. The topological polar surface area (TPSA) is 89.9 Å². The molecule has 7 nitrogen and oxygen atoms in total. The Labute approximate surface area is 120 Å². The number of nitrogens with zero attached hydrogens (tertiary/aromatic N) is 5. The van der Waals surface area contributed by atoms with Crippen molar-refractivity contribution in [2.45, 2.75) is 32.4 Å². The zero-order valence-corrected chi connectivity index (χ0v) is 12.1. The van der Waals surface area contributed by atoms with Crippen LogP contribution in [0.5, 0.6) is 0 Å². The second-order valence-electron chi connectivity index (χ2n) is 4.89. The Morgan fingerprint density at radius 3 is 3.15 bits per heavy atom. The summed E-state index contributed by atoms with van der Waals surface area (Å²) in [4.78, 5) is 17.9. The summed E-state index contributed by atoms with van der Waals surface area (Å²) in [5.74, 6) is 1.88. The van der Waals surface area contributed by atoms with Crippen LogP contribution in [0.25, 0.3) is 0 Å². The Bertz CT molecular complexity index is 634. The van der Waals surface area contributed by atoms with Crippen LogP contribution in [0.3, 0.4) is 0 Å². The van der Waals surface area contributed by atoms with E-state index in [1.807, 2.05) is 5.38 Å². The van der Waals surface area contributed by atoms with Crippen molar-refractivity contribution in [2.24, 2.45) is 0 Å². The monoisotopic (exact) mass is 292 g/mol. The highest BCUT2D eigenvalue weighted by atomic mass is 32.1.